The Morgan fingerprint density at radius 3 is 1.77 bits per heavy atom. The van der Waals surface area contributed by atoms with Gasteiger partial charge in [-0.15, -0.1) is 0 Å². The summed E-state index contributed by atoms with van der Waals surface area (Å²) in [5, 5.41) is 0. The zero-order chi connectivity index (χ0) is 10.1. The van der Waals surface area contributed by atoms with E-state index in [1.807, 2.05) is 0 Å². The standard InChI is InChI=1S/C4H4N2.C4H9NO2/c1-2-6-4-3-5-1;1-3(5)4(6)7-2/h1-4H;3H,5H2,1-2H3. The molecule has 13 heavy (non-hydrogen) atoms. The van der Waals surface area contributed by atoms with Gasteiger partial charge in [-0.2, -0.15) is 0 Å². The molecule has 0 bridgehead atoms. The second-order valence-corrected chi connectivity index (χ2v) is 2.21. The van der Waals surface area contributed by atoms with Crippen LogP contribution in [0.2, 0.25) is 0 Å². The number of carbonyl (C=O) groups is 1. The quantitative estimate of drug-likeness (QED) is 0.619. The first kappa shape index (κ1) is 11.5. The van der Waals surface area contributed by atoms with E-state index in [1.54, 1.807) is 31.7 Å². The smallest absolute Gasteiger partial charge is 0.322 e. The molecule has 0 fully saturated rings. The van der Waals surface area contributed by atoms with E-state index in [4.69, 9.17) is 5.73 Å². The van der Waals surface area contributed by atoms with Gasteiger partial charge in [0.25, 0.3) is 0 Å². The molecule has 0 spiro atoms. The summed E-state index contributed by atoms with van der Waals surface area (Å²) in [4.78, 5) is 17.6. The Kier molecular flexibility index (Phi) is 6.35. The van der Waals surface area contributed by atoms with Crippen molar-refractivity contribution >= 4 is 5.97 Å². The Bertz CT molecular complexity index is 199. The number of carbonyl (C=O) groups excluding carboxylic acids is 1. The zero-order valence-corrected chi connectivity index (χ0v) is 7.68. The topological polar surface area (TPSA) is 78.1 Å². The molecule has 1 unspecified atom stereocenters. The highest BCUT2D eigenvalue weighted by molar-refractivity contribution is 5.74. The number of methoxy groups -OCH3 is 1. The number of hydrogen-bond donors (Lipinski definition) is 1. The monoisotopic (exact) mass is 183 g/mol. The van der Waals surface area contributed by atoms with Gasteiger partial charge in [0, 0.05) is 24.8 Å². The molecular formula is C8H13N3O2. The van der Waals surface area contributed by atoms with Gasteiger partial charge in [-0.1, -0.05) is 0 Å². The molecule has 5 heteroatoms. The van der Waals surface area contributed by atoms with E-state index < -0.39 is 6.04 Å². The molecule has 0 amide bonds. The molecule has 0 aliphatic heterocycles. The predicted octanol–water partition coefficient (Wildman–Crippen LogP) is -0.0168. The number of aromatic nitrogens is 2. The number of nitrogens with zero attached hydrogens (tertiary/aromatic N) is 2. The number of hydrogen-bond acceptors (Lipinski definition) is 5. The molecule has 1 aromatic heterocycles. The number of esters is 1. The molecule has 5 nitrogen and oxygen atoms in total. The van der Waals surface area contributed by atoms with Crippen LogP contribution in [0.3, 0.4) is 0 Å². The molecule has 72 valence electrons. The molecule has 1 atom stereocenters. The number of ether oxygens (including phenoxy) is 1. The molecule has 0 saturated heterocycles. The highest BCUT2D eigenvalue weighted by Gasteiger charge is 2.03. The lowest BCUT2D eigenvalue weighted by molar-refractivity contribution is -0.141. The van der Waals surface area contributed by atoms with Gasteiger partial charge in [0.2, 0.25) is 0 Å². The van der Waals surface area contributed by atoms with Gasteiger partial charge < -0.3 is 10.5 Å². The lowest BCUT2D eigenvalue weighted by Gasteiger charge is -1.98. The van der Waals surface area contributed by atoms with E-state index in [1.165, 1.54) is 7.11 Å². The Labute approximate surface area is 77.0 Å². The molecule has 1 heterocycles. The van der Waals surface area contributed by atoms with Crippen LogP contribution in [0.15, 0.2) is 24.8 Å². The summed E-state index contributed by atoms with van der Waals surface area (Å²) in [6, 6.07) is -0.495. The summed E-state index contributed by atoms with van der Waals surface area (Å²) in [7, 11) is 1.31. The van der Waals surface area contributed by atoms with Gasteiger partial charge in [-0.25, -0.2) is 0 Å². The van der Waals surface area contributed by atoms with Crippen LogP contribution in [0.1, 0.15) is 6.92 Å². The van der Waals surface area contributed by atoms with Crippen molar-refractivity contribution < 1.29 is 9.53 Å². The fourth-order valence-electron chi connectivity index (χ4n) is 0.439. The van der Waals surface area contributed by atoms with E-state index in [0.29, 0.717) is 0 Å². The van der Waals surface area contributed by atoms with Gasteiger partial charge in [0.15, 0.2) is 0 Å². The average Bonchev–Trinajstić information content (AvgIpc) is 2.20. The minimum absolute atomic E-state index is 0.375. The molecule has 0 aliphatic rings. The van der Waals surface area contributed by atoms with Crippen LogP contribution >= 0.6 is 0 Å². The van der Waals surface area contributed by atoms with Crippen molar-refractivity contribution in [2.24, 2.45) is 5.73 Å². The Balaban J connectivity index is 0.000000223. The summed E-state index contributed by atoms with van der Waals surface area (Å²) in [5.74, 6) is -0.375. The average molecular weight is 183 g/mol. The Morgan fingerprint density at radius 2 is 1.69 bits per heavy atom. The molecule has 1 aromatic rings. The number of nitrogens with two attached hydrogens (primary N) is 1. The maximum Gasteiger partial charge on any atom is 0.322 e. The summed E-state index contributed by atoms with van der Waals surface area (Å²) >= 11 is 0. The van der Waals surface area contributed by atoms with Crippen LogP contribution < -0.4 is 5.73 Å². The first-order chi connectivity index (χ1) is 6.18. The maximum atomic E-state index is 10.2. The maximum absolute atomic E-state index is 10.2. The zero-order valence-electron chi connectivity index (χ0n) is 7.68. The second-order valence-electron chi connectivity index (χ2n) is 2.21. The first-order valence-corrected chi connectivity index (χ1v) is 3.72. The summed E-state index contributed by atoms with van der Waals surface area (Å²) < 4.78 is 4.25. The van der Waals surface area contributed by atoms with Crippen molar-refractivity contribution in [3.63, 3.8) is 0 Å². The summed E-state index contributed by atoms with van der Waals surface area (Å²) in [5.41, 5.74) is 5.07. The fraction of sp³-hybridized carbons (Fsp3) is 0.375. The lowest BCUT2D eigenvalue weighted by atomic mass is 10.4. The SMILES string of the molecule is COC(=O)C(C)N.c1cnccn1. The Morgan fingerprint density at radius 1 is 1.31 bits per heavy atom. The van der Waals surface area contributed by atoms with Crippen LogP contribution in [-0.2, 0) is 9.53 Å². The van der Waals surface area contributed by atoms with Gasteiger partial charge >= 0.3 is 5.97 Å². The third-order valence-corrected chi connectivity index (χ3v) is 1.05. The fourth-order valence-corrected chi connectivity index (χ4v) is 0.439. The van der Waals surface area contributed by atoms with E-state index in [2.05, 4.69) is 14.7 Å². The van der Waals surface area contributed by atoms with Crippen molar-refractivity contribution in [2.75, 3.05) is 7.11 Å². The normalized spacial score (nSPS) is 10.7. The molecule has 2 N–H and O–H groups in total. The van der Waals surface area contributed by atoms with Crippen LogP contribution in [0, 0.1) is 0 Å². The Hall–Kier alpha value is -1.49. The van der Waals surface area contributed by atoms with Crippen molar-refractivity contribution in [3.05, 3.63) is 24.8 Å². The lowest BCUT2D eigenvalue weighted by Crippen LogP contribution is -2.27. The first-order valence-electron chi connectivity index (χ1n) is 3.72. The summed E-state index contributed by atoms with van der Waals surface area (Å²) in [6.07, 6.45) is 6.56. The van der Waals surface area contributed by atoms with Gasteiger partial charge in [-0.05, 0) is 6.92 Å². The molecule has 0 saturated carbocycles. The third-order valence-electron chi connectivity index (χ3n) is 1.05. The van der Waals surface area contributed by atoms with E-state index in [-0.39, 0.29) is 5.97 Å². The van der Waals surface area contributed by atoms with E-state index >= 15 is 0 Å². The molecule has 0 aromatic carbocycles. The van der Waals surface area contributed by atoms with Crippen molar-refractivity contribution in [1.29, 1.82) is 0 Å². The van der Waals surface area contributed by atoms with Crippen molar-refractivity contribution in [3.8, 4) is 0 Å². The van der Waals surface area contributed by atoms with E-state index in [0.717, 1.165) is 0 Å². The molecular weight excluding hydrogens is 170 g/mol. The largest absolute Gasteiger partial charge is 0.468 e. The van der Waals surface area contributed by atoms with E-state index in [9.17, 15) is 4.79 Å². The van der Waals surface area contributed by atoms with Crippen molar-refractivity contribution in [2.45, 2.75) is 13.0 Å². The molecule has 1 rings (SSSR count). The highest BCUT2D eigenvalue weighted by Crippen LogP contribution is 1.76. The molecule has 0 radical (unpaired) electrons. The number of rotatable bonds is 1. The summed E-state index contributed by atoms with van der Waals surface area (Å²) in [6.45, 7) is 1.58. The van der Waals surface area contributed by atoms with Crippen molar-refractivity contribution in [1.82, 2.24) is 9.97 Å². The van der Waals surface area contributed by atoms with Crippen LogP contribution in [0.5, 0.6) is 0 Å². The second kappa shape index (κ2) is 7.17. The predicted molar refractivity (Wildman–Crippen MR) is 47.7 cm³/mol. The molecule has 0 aliphatic carbocycles. The minimum Gasteiger partial charge on any atom is -0.468 e. The van der Waals surface area contributed by atoms with Gasteiger partial charge in [-0.3, -0.25) is 14.8 Å². The minimum atomic E-state index is -0.495. The van der Waals surface area contributed by atoms with Crippen LogP contribution in [0.25, 0.3) is 0 Å². The van der Waals surface area contributed by atoms with Gasteiger partial charge in [0.05, 0.1) is 7.11 Å². The van der Waals surface area contributed by atoms with Crippen LogP contribution in [0.4, 0.5) is 0 Å². The highest BCUT2D eigenvalue weighted by atomic mass is 16.5. The third kappa shape index (κ3) is 6.89. The van der Waals surface area contributed by atoms with Gasteiger partial charge in [0.1, 0.15) is 6.04 Å². The van der Waals surface area contributed by atoms with Crippen LogP contribution in [-0.4, -0.2) is 29.1 Å².